The van der Waals surface area contributed by atoms with Gasteiger partial charge in [-0.05, 0) is 0 Å². The van der Waals surface area contributed by atoms with E-state index in [0.717, 1.165) is 26.3 Å². The first-order valence-electron chi connectivity index (χ1n) is 3.59. The Labute approximate surface area is 60.8 Å². The van der Waals surface area contributed by atoms with Crippen molar-refractivity contribution in [3.63, 3.8) is 0 Å². The van der Waals surface area contributed by atoms with Crippen molar-refractivity contribution in [1.82, 2.24) is 5.06 Å². The Kier molecular flexibility index (Phi) is 3.67. The molecule has 1 rings (SSSR count). The van der Waals surface area contributed by atoms with Gasteiger partial charge in [0.15, 0.2) is 0 Å². The number of nitrogens with zero attached hydrogens (tertiary/aromatic N) is 1. The van der Waals surface area contributed by atoms with E-state index in [1.54, 1.807) is 0 Å². The fourth-order valence-corrected chi connectivity index (χ4v) is 0.858. The quantitative estimate of drug-likeness (QED) is 0.567. The van der Waals surface area contributed by atoms with Crippen LogP contribution in [-0.2, 0) is 9.57 Å². The van der Waals surface area contributed by atoms with Crippen LogP contribution in [-0.4, -0.2) is 44.5 Å². The minimum Gasteiger partial charge on any atom is -0.379 e. The molecular weight excluding hydrogens is 132 g/mol. The van der Waals surface area contributed by atoms with Crippen LogP contribution < -0.4 is 5.73 Å². The van der Waals surface area contributed by atoms with E-state index in [1.807, 2.05) is 5.06 Å². The highest BCUT2D eigenvalue weighted by Gasteiger charge is 2.09. The summed E-state index contributed by atoms with van der Waals surface area (Å²) in [6.45, 7) is 4.45. The molecule has 0 radical (unpaired) electrons. The Hall–Kier alpha value is -0.160. The number of nitrogens with two attached hydrogens (primary N) is 1. The molecule has 1 aliphatic rings. The molecular formula is C6H14N2O2. The fraction of sp³-hybridized carbons (Fsp3) is 1.00. The largest absolute Gasteiger partial charge is 0.379 e. The summed E-state index contributed by atoms with van der Waals surface area (Å²) in [5.41, 5.74) is 5.26. The molecule has 0 amide bonds. The molecule has 2 N–H and O–H groups in total. The summed E-state index contributed by atoms with van der Waals surface area (Å²) >= 11 is 0. The molecule has 4 heteroatoms. The van der Waals surface area contributed by atoms with Crippen molar-refractivity contribution >= 4 is 0 Å². The van der Waals surface area contributed by atoms with Crippen molar-refractivity contribution in [2.45, 2.75) is 0 Å². The monoisotopic (exact) mass is 146 g/mol. The van der Waals surface area contributed by atoms with Crippen LogP contribution in [0.2, 0.25) is 0 Å². The fourth-order valence-electron chi connectivity index (χ4n) is 0.858. The Balaban J connectivity index is 2.02. The van der Waals surface area contributed by atoms with Crippen LogP contribution in [0.15, 0.2) is 0 Å². The second-order valence-corrected chi connectivity index (χ2v) is 2.16. The molecule has 4 nitrogen and oxygen atoms in total. The first-order chi connectivity index (χ1) is 4.93. The lowest BCUT2D eigenvalue weighted by molar-refractivity contribution is -0.191. The van der Waals surface area contributed by atoms with E-state index in [2.05, 4.69) is 0 Å². The Morgan fingerprint density at radius 2 is 2.10 bits per heavy atom. The lowest BCUT2D eigenvalue weighted by Gasteiger charge is -2.25. The third kappa shape index (κ3) is 2.62. The summed E-state index contributed by atoms with van der Waals surface area (Å²) in [6.07, 6.45) is 0. The Morgan fingerprint density at radius 1 is 1.40 bits per heavy atom. The second kappa shape index (κ2) is 4.62. The molecule has 0 atom stereocenters. The summed E-state index contributed by atoms with van der Waals surface area (Å²) in [7, 11) is 0. The van der Waals surface area contributed by atoms with E-state index in [-0.39, 0.29) is 0 Å². The molecule has 0 unspecified atom stereocenters. The molecule has 60 valence electrons. The molecule has 0 aromatic rings. The van der Waals surface area contributed by atoms with Crippen LogP contribution in [0.1, 0.15) is 0 Å². The summed E-state index contributed by atoms with van der Waals surface area (Å²) in [5, 5.41) is 1.90. The highest BCUT2D eigenvalue weighted by atomic mass is 16.7. The van der Waals surface area contributed by atoms with Crippen LogP contribution in [0, 0.1) is 0 Å². The zero-order valence-corrected chi connectivity index (χ0v) is 6.08. The van der Waals surface area contributed by atoms with E-state index in [1.165, 1.54) is 0 Å². The van der Waals surface area contributed by atoms with Crippen molar-refractivity contribution in [2.75, 3.05) is 39.5 Å². The van der Waals surface area contributed by atoms with Crippen molar-refractivity contribution < 1.29 is 9.57 Å². The van der Waals surface area contributed by atoms with E-state index in [0.29, 0.717) is 13.2 Å². The van der Waals surface area contributed by atoms with Gasteiger partial charge < -0.3 is 10.5 Å². The van der Waals surface area contributed by atoms with Crippen molar-refractivity contribution in [2.24, 2.45) is 5.73 Å². The maximum absolute atomic E-state index is 5.26. The van der Waals surface area contributed by atoms with Crippen LogP contribution in [0.4, 0.5) is 0 Å². The van der Waals surface area contributed by atoms with Gasteiger partial charge in [-0.25, -0.2) is 0 Å². The number of hydrogen-bond acceptors (Lipinski definition) is 4. The standard InChI is InChI=1S/C6H14N2O2/c7-1-4-10-8-2-5-9-6-3-8/h1-7H2. The lowest BCUT2D eigenvalue weighted by Crippen LogP contribution is -2.37. The van der Waals surface area contributed by atoms with Gasteiger partial charge in [0.25, 0.3) is 0 Å². The summed E-state index contributed by atoms with van der Waals surface area (Å²) in [6, 6.07) is 0. The van der Waals surface area contributed by atoms with E-state index < -0.39 is 0 Å². The smallest absolute Gasteiger partial charge is 0.0807 e. The van der Waals surface area contributed by atoms with E-state index in [9.17, 15) is 0 Å². The van der Waals surface area contributed by atoms with Gasteiger partial charge in [-0.2, -0.15) is 5.06 Å². The van der Waals surface area contributed by atoms with Crippen LogP contribution >= 0.6 is 0 Å². The van der Waals surface area contributed by atoms with Gasteiger partial charge in [-0.15, -0.1) is 0 Å². The SMILES string of the molecule is NCCON1CCOCC1. The highest BCUT2D eigenvalue weighted by molar-refractivity contribution is 4.51. The average molecular weight is 146 g/mol. The predicted octanol–water partition coefficient (Wildman–Crippen LogP) is -0.791. The van der Waals surface area contributed by atoms with Gasteiger partial charge >= 0.3 is 0 Å². The van der Waals surface area contributed by atoms with Gasteiger partial charge in [0.2, 0.25) is 0 Å². The molecule has 1 heterocycles. The first-order valence-corrected chi connectivity index (χ1v) is 3.59. The number of ether oxygens (including phenoxy) is 1. The van der Waals surface area contributed by atoms with Crippen molar-refractivity contribution in [3.05, 3.63) is 0 Å². The predicted molar refractivity (Wildman–Crippen MR) is 37.4 cm³/mol. The zero-order valence-electron chi connectivity index (χ0n) is 6.08. The third-order valence-electron chi connectivity index (χ3n) is 1.36. The summed E-state index contributed by atoms with van der Waals surface area (Å²) < 4.78 is 5.13. The van der Waals surface area contributed by atoms with Crippen LogP contribution in [0.3, 0.4) is 0 Å². The number of rotatable bonds is 3. The van der Waals surface area contributed by atoms with Gasteiger partial charge in [-0.1, -0.05) is 0 Å². The molecule has 1 fully saturated rings. The van der Waals surface area contributed by atoms with Gasteiger partial charge in [-0.3, -0.25) is 4.84 Å². The minimum atomic E-state index is 0.581. The van der Waals surface area contributed by atoms with Crippen molar-refractivity contribution in [3.8, 4) is 0 Å². The first kappa shape index (κ1) is 7.94. The molecule has 0 aromatic carbocycles. The molecule has 10 heavy (non-hydrogen) atoms. The van der Waals surface area contributed by atoms with E-state index >= 15 is 0 Å². The number of hydroxylamine groups is 2. The van der Waals surface area contributed by atoms with Crippen LogP contribution in [0.25, 0.3) is 0 Å². The lowest BCUT2D eigenvalue weighted by atomic mass is 10.5. The molecule has 1 saturated heterocycles. The highest BCUT2D eigenvalue weighted by Crippen LogP contribution is 1.95. The molecule has 0 saturated carbocycles. The maximum atomic E-state index is 5.26. The van der Waals surface area contributed by atoms with E-state index in [4.69, 9.17) is 15.3 Å². The molecule has 0 aromatic heterocycles. The van der Waals surface area contributed by atoms with Gasteiger partial charge in [0.05, 0.1) is 19.8 Å². The van der Waals surface area contributed by atoms with Crippen molar-refractivity contribution in [1.29, 1.82) is 0 Å². The molecule has 0 bridgehead atoms. The molecule has 1 aliphatic heterocycles. The summed E-state index contributed by atoms with van der Waals surface area (Å²) in [5.74, 6) is 0. The van der Waals surface area contributed by atoms with Gasteiger partial charge in [0, 0.05) is 19.6 Å². The third-order valence-corrected chi connectivity index (χ3v) is 1.36. The maximum Gasteiger partial charge on any atom is 0.0807 e. The molecule has 0 spiro atoms. The zero-order chi connectivity index (χ0) is 7.23. The Bertz CT molecular complexity index is 83.8. The topological polar surface area (TPSA) is 47.7 Å². The minimum absolute atomic E-state index is 0.581. The van der Waals surface area contributed by atoms with Crippen LogP contribution in [0.5, 0.6) is 0 Å². The van der Waals surface area contributed by atoms with Gasteiger partial charge in [0.1, 0.15) is 0 Å². The Morgan fingerprint density at radius 3 is 2.70 bits per heavy atom. The molecule has 0 aliphatic carbocycles. The number of morpholine rings is 1. The summed E-state index contributed by atoms with van der Waals surface area (Å²) in [4.78, 5) is 5.26. The second-order valence-electron chi connectivity index (χ2n) is 2.16. The number of hydrogen-bond donors (Lipinski definition) is 1. The normalized spacial score (nSPS) is 21.3. The average Bonchev–Trinajstić information content (AvgIpc) is 2.03.